The highest BCUT2D eigenvalue weighted by Crippen LogP contribution is 2.32. The van der Waals surface area contributed by atoms with Crippen molar-refractivity contribution in [3.63, 3.8) is 0 Å². The van der Waals surface area contributed by atoms with E-state index in [1.165, 1.54) is 4.57 Å². The van der Waals surface area contributed by atoms with E-state index in [4.69, 9.17) is 13.9 Å². The third kappa shape index (κ3) is 4.92. The molecular weight excluding hydrogens is 510 g/mol. The third-order valence-electron chi connectivity index (χ3n) is 6.79. The van der Waals surface area contributed by atoms with E-state index < -0.39 is 0 Å². The molecule has 0 saturated carbocycles. The van der Waals surface area contributed by atoms with Gasteiger partial charge in [-0.1, -0.05) is 6.07 Å². The lowest BCUT2D eigenvalue weighted by molar-refractivity contribution is 0.0303. The minimum atomic E-state index is -0.291. The number of hydrogen-bond acceptors (Lipinski definition) is 8. The fraction of sp³-hybridized carbons (Fsp3) is 0.200. The number of aryl methyl sites for hydroxylation is 1. The number of rotatable bonds is 6. The summed E-state index contributed by atoms with van der Waals surface area (Å²) in [4.78, 5) is 36.8. The Bertz CT molecular complexity index is 1740. The molecule has 1 aliphatic rings. The molecule has 0 spiro atoms. The van der Waals surface area contributed by atoms with E-state index in [1.807, 2.05) is 42.5 Å². The number of morpholine rings is 1. The normalized spacial score (nSPS) is 13.4. The fourth-order valence-corrected chi connectivity index (χ4v) is 4.61. The summed E-state index contributed by atoms with van der Waals surface area (Å²) in [5.74, 6) is 1.33. The summed E-state index contributed by atoms with van der Waals surface area (Å²) in [5, 5.41) is 3.11. The van der Waals surface area contributed by atoms with Gasteiger partial charge in [-0.15, -0.1) is 0 Å². The molecule has 202 valence electrons. The van der Waals surface area contributed by atoms with Crippen LogP contribution in [-0.2, 0) is 11.8 Å². The number of benzene rings is 3. The number of carbonyl (C=O) groups is 1. The zero-order chi connectivity index (χ0) is 27.6. The van der Waals surface area contributed by atoms with Crippen LogP contribution in [0.2, 0.25) is 0 Å². The van der Waals surface area contributed by atoms with Gasteiger partial charge in [-0.2, -0.15) is 0 Å². The highest BCUT2D eigenvalue weighted by atomic mass is 16.5. The van der Waals surface area contributed by atoms with Gasteiger partial charge in [0.2, 0.25) is 5.89 Å². The molecule has 1 amide bonds. The van der Waals surface area contributed by atoms with Gasteiger partial charge in [0.15, 0.2) is 11.4 Å². The van der Waals surface area contributed by atoms with Crippen LogP contribution in [0.1, 0.15) is 10.4 Å². The average molecular weight is 538 g/mol. The predicted molar refractivity (Wildman–Crippen MR) is 151 cm³/mol. The van der Waals surface area contributed by atoms with Crippen molar-refractivity contribution in [3.8, 4) is 28.5 Å². The van der Waals surface area contributed by atoms with Gasteiger partial charge >= 0.3 is 0 Å². The first-order valence-electron chi connectivity index (χ1n) is 12.9. The molecule has 10 heteroatoms. The number of nitrogens with one attached hydrogen (secondary N) is 1. The molecule has 1 aliphatic heterocycles. The molecule has 0 bridgehead atoms. The molecule has 3 heterocycles. The number of methoxy groups -OCH3 is 1. The van der Waals surface area contributed by atoms with Crippen molar-refractivity contribution < 1.29 is 18.7 Å². The lowest BCUT2D eigenvalue weighted by atomic mass is 10.1. The summed E-state index contributed by atoms with van der Waals surface area (Å²) in [6.45, 7) is 2.23. The number of para-hydroxylation sites is 1. The molecule has 40 heavy (non-hydrogen) atoms. The lowest BCUT2D eigenvalue weighted by Gasteiger charge is -2.26. The van der Waals surface area contributed by atoms with Crippen LogP contribution in [0.25, 0.3) is 33.8 Å². The SMILES string of the molecule is COc1ccc(-c2nc3cccc(-c4cn(C)c(=O)c(Nc5ccc(C(=O)N6CCOCC6)cc5)n4)c3o2)cc1. The van der Waals surface area contributed by atoms with Gasteiger partial charge in [0, 0.05) is 48.7 Å². The molecule has 2 aromatic heterocycles. The first-order valence-corrected chi connectivity index (χ1v) is 12.9. The van der Waals surface area contributed by atoms with E-state index in [1.54, 1.807) is 49.5 Å². The number of oxazole rings is 1. The molecule has 1 saturated heterocycles. The number of anilines is 2. The second-order valence-electron chi connectivity index (χ2n) is 9.40. The highest BCUT2D eigenvalue weighted by Gasteiger charge is 2.19. The van der Waals surface area contributed by atoms with Gasteiger partial charge < -0.3 is 28.7 Å². The Labute approximate surface area is 229 Å². The average Bonchev–Trinajstić information content (AvgIpc) is 3.44. The maximum Gasteiger partial charge on any atom is 0.293 e. The van der Waals surface area contributed by atoms with Gasteiger partial charge in [0.05, 0.1) is 26.0 Å². The summed E-state index contributed by atoms with van der Waals surface area (Å²) in [7, 11) is 3.29. The Balaban J connectivity index is 1.29. The van der Waals surface area contributed by atoms with Crippen LogP contribution in [0.5, 0.6) is 5.75 Å². The smallest absolute Gasteiger partial charge is 0.293 e. The fourth-order valence-electron chi connectivity index (χ4n) is 4.61. The van der Waals surface area contributed by atoms with E-state index in [2.05, 4.69) is 15.3 Å². The third-order valence-corrected chi connectivity index (χ3v) is 6.79. The summed E-state index contributed by atoms with van der Waals surface area (Å²) >= 11 is 0. The highest BCUT2D eigenvalue weighted by molar-refractivity contribution is 5.95. The molecular formula is C30H27N5O5. The number of aromatic nitrogens is 3. The zero-order valence-corrected chi connectivity index (χ0v) is 22.1. The molecule has 5 aromatic rings. The Morgan fingerprint density at radius 3 is 2.45 bits per heavy atom. The molecule has 6 rings (SSSR count). The van der Waals surface area contributed by atoms with Crippen LogP contribution >= 0.6 is 0 Å². The number of fused-ring (bicyclic) bond motifs is 1. The second kappa shape index (κ2) is 10.7. The van der Waals surface area contributed by atoms with Crippen molar-refractivity contribution in [1.29, 1.82) is 0 Å². The van der Waals surface area contributed by atoms with Crippen molar-refractivity contribution in [2.75, 3.05) is 38.7 Å². The van der Waals surface area contributed by atoms with Crippen LogP contribution < -0.4 is 15.6 Å². The standard InChI is InChI=1S/C30H27N5O5/c1-34-18-25(23-4-3-5-24-26(23)40-28(33-24)19-8-12-22(38-2)13-9-19)32-27(30(34)37)31-21-10-6-20(7-11-21)29(36)35-14-16-39-17-15-35/h3-13,18H,14-17H2,1-2H3,(H,31,32). The molecule has 1 fully saturated rings. The van der Waals surface area contributed by atoms with Gasteiger partial charge in [0.25, 0.3) is 11.5 Å². The van der Waals surface area contributed by atoms with Gasteiger partial charge in [-0.05, 0) is 60.7 Å². The number of amides is 1. The summed E-state index contributed by atoms with van der Waals surface area (Å²) in [5.41, 5.74) is 4.23. The quantitative estimate of drug-likeness (QED) is 0.338. The van der Waals surface area contributed by atoms with Crippen LogP contribution in [-0.4, -0.2) is 58.8 Å². The molecule has 0 unspecified atom stereocenters. The van der Waals surface area contributed by atoms with Gasteiger partial charge in [0.1, 0.15) is 11.3 Å². The second-order valence-corrected chi connectivity index (χ2v) is 9.40. The topological polar surface area (TPSA) is 112 Å². The van der Waals surface area contributed by atoms with Crippen molar-refractivity contribution >= 4 is 28.5 Å². The summed E-state index contributed by atoms with van der Waals surface area (Å²) < 4.78 is 18.2. The van der Waals surface area contributed by atoms with Gasteiger partial charge in [-0.25, -0.2) is 9.97 Å². The van der Waals surface area contributed by atoms with Crippen molar-refractivity contribution in [2.24, 2.45) is 7.05 Å². The van der Waals surface area contributed by atoms with Crippen LogP contribution in [0, 0.1) is 0 Å². The number of ether oxygens (including phenoxy) is 2. The van der Waals surface area contributed by atoms with E-state index in [0.29, 0.717) is 65.8 Å². The van der Waals surface area contributed by atoms with Crippen molar-refractivity contribution in [2.45, 2.75) is 0 Å². The summed E-state index contributed by atoms with van der Waals surface area (Å²) in [6.07, 6.45) is 1.67. The van der Waals surface area contributed by atoms with Crippen LogP contribution in [0.3, 0.4) is 0 Å². The Kier molecular flexibility index (Phi) is 6.75. The predicted octanol–water partition coefficient (Wildman–Crippen LogP) is 4.48. The first kappa shape index (κ1) is 25.3. The van der Waals surface area contributed by atoms with Gasteiger partial charge in [-0.3, -0.25) is 9.59 Å². The van der Waals surface area contributed by atoms with E-state index >= 15 is 0 Å². The van der Waals surface area contributed by atoms with E-state index in [-0.39, 0.29) is 17.3 Å². The maximum absolute atomic E-state index is 13.0. The largest absolute Gasteiger partial charge is 0.497 e. The Morgan fingerprint density at radius 2 is 1.73 bits per heavy atom. The molecule has 1 N–H and O–H groups in total. The lowest BCUT2D eigenvalue weighted by Crippen LogP contribution is -2.40. The minimum absolute atomic E-state index is 0.0416. The number of hydrogen-bond donors (Lipinski definition) is 1. The monoisotopic (exact) mass is 537 g/mol. The first-order chi connectivity index (χ1) is 19.5. The zero-order valence-electron chi connectivity index (χ0n) is 22.1. The minimum Gasteiger partial charge on any atom is -0.497 e. The number of nitrogens with zero attached hydrogens (tertiary/aromatic N) is 4. The Hall–Kier alpha value is -4.96. The van der Waals surface area contributed by atoms with E-state index in [9.17, 15) is 9.59 Å². The molecule has 10 nitrogen and oxygen atoms in total. The van der Waals surface area contributed by atoms with Crippen LogP contribution in [0.4, 0.5) is 11.5 Å². The summed E-state index contributed by atoms with van der Waals surface area (Å²) in [6, 6.07) is 20.1. The molecule has 0 radical (unpaired) electrons. The molecule has 0 atom stereocenters. The number of carbonyl (C=O) groups excluding carboxylic acids is 1. The molecule has 3 aromatic carbocycles. The van der Waals surface area contributed by atoms with E-state index in [0.717, 1.165) is 11.3 Å². The Morgan fingerprint density at radius 1 is 0.975 bits per heavy atom. The van der Waals surface area contributed by atoms with Crippen molar-refractivity contribution in [3.05, 3.63) is 88.8 Å². The van der Waals surface area contributed by atoms with Crippen molar-refractivity contribution in [1.82, 2.24) is 19.4 Å². The van der Waals surface area contributed by atoms with Crippen LogP contribution in [0.15, 0.2) is 82.1 Å². The maximum atomic E-state index is 13.0. The molecule has 0 aliphatic carbocycles.